The van der Waals surface area contributed by atoms with Crippen molar-refractivity contribution in [3.63, 3.8) is 0 Å². The summed E-state index contributed by atoms with van der Waals surface area (Å²) < 4.78 is 6.78. The summed E-state index contributed by atoms with van der Waals surface area (Å²) in [4.78, 5) is 22.4. The van der Waals surface area contributed by atoms with Gasteiger partial charge in [0, 0.05) is 7.05 Å². The van der Waals surface area contributed by atoms with Crippen LogP contribution < -0.4 is 10.1 Å². The predicted octanol–water partition coefficient (Wildman–Crippen LogP) is 2.18. The molecule has 0 aliphatic rings. The number of ether oxygens (including phenoxy) is 1. The van der Waals surface area contributed by atoms with Gasteiger partial charge in [0.2, 0.25) is 5.69 Å². The van der Waals surface area contributed by atoms with Crippen molar-refractivity contribution < 1.29 is 14.5 Å². The molecule has 1 heterocycles. The first-order chi connectivity index (χ1) is 10.9. The third kappa shape index (κ3) is 3.98. The van der Waals surface area contributed by atoms with Gasteiger partial charge in [0.1, 0.15) is 18.1 Å². The lowest BCUT2D eigenvalue weighted by Gasteiger charge is -2.16. The van der Waals surface area contributed by atoms with E-state index in [0.29, 0.717) is 10.8 Å². The molecule has 8 nitrogen and oxygen atoms in total. The molecular weight excluding hydrogens is 324 g/mol. The molecule has 1 aromatic carbocycles. The number of amides is 1. The zero-order valence-corrected chi connectivity index (χ0v) is 13.3. The van der Waals surface area contributed by atoms with E-state index < -0.39 is 10.8 Å². The number of para-hydroxylation sites is 1. The fourth-order valence-corrected chi connectivity index (χ4v) is 2.12. The second kappa shape index (κ2) is 7.10. The Kier molecular flexibility index (Phi) is 5.17. The van der Waals surface area contributed by atoms with Crippen LogP contribution in [0.25, 0.3) is 0 Å². The molecule has 0 spiro atoms. The predicted molar refractivity (Wildman–Crippen MR) is 83.7 cm³/mol. The van der Waals surface area contributed by atoms with Gasteiger partial charge >= 0.3 is 5.69 Å². The standard InChI is InChI=1S/C14H15ClN4O4/c1-9(23-12-6-4-3-5-10(12)15)7-16-14(20)13-11(19(21)22)8-17-18(13)2/h3-6,8-9H,7H2,1-2H3,(H,16,20)/t9-/m1/s1. The molecule has 0 saturated carbocycles. The van der Waals surface area contributed by atoms with Crippen molar-refractivity contribution in [2.75, 3.05) is 6.54 Å². The Bertz CT molecular complexity index is 731. The fourth-order valence-electron chi connectivity index (χ4n) is 1.94. The highest BCUT2D eigenvalue weighted by molar-refractivity contribution is 6.32. The first kappa shape index (κ1) is 16.8. The number of rotatable bonds is 6. The van der Waals surface area contributed by atoms with Gasteiger partial charge in [-0.3, -0.25) is 19.6 Å². The summed E-state index contributed by atoms with van der Waals surface area (Å²) in [7, 11) is 1.46. The topological polar surface area (TPSA) is 99.3 Å². The molecule has 9 heteroatoms. The van der Waals surface area contributed by atoms with Crippen LogP contribution in [0.5, 0.6) is 5.75 Å². The number of nitro groups is 1. The van der Waals surface area contributed by atoms with Crippen LogP contribution in [0.1, 0.15) is 17.4 Å². The molecule has 0 fully saturated rings. The SMILES string of the molecule is C[C@H](CNC(=O)c1c([N+](=O)[O-])cnn1C)Oc1ccccc1Cl. The van der Waals surface area contributed by atoms with Crippen LogP contribution in [0.2, 0.25) is 5.02 Å². The zero-order valence-electron chi connectivity index (χ0n) is 12.5. The second-order valence-corrected chi connectivity index (χ2v) is 5.24. The average Bonchev–Trinajstić information content (AvgIpc) is 2.89. The minimum absolute atomic E-state index is 0.111. The maximum Gasteiger partial charge on any atom is 0.320 e. The number of benzene rings is 1. The van der Waals surface area contributed by atoms with Crippen LogP contribution in [-0.4, -0.2) is 33.3 Å². The number of hydrogen-bond donors (Lipinski definition) is 1. The van der Waals surface area contributed by atoms with E-state index >= 15 is 0 Å². The summed E-state index contributed by atoms with van der Waals surface area (Å²) in [5, 5.41) is 17.7. The van der Waals surface area contributed by atoms with Crippen molar-refractivity contribution in [3.8, 4) is 5.75 Å². The molecule has 1 amide bonds. The summed E-state index contributed by atoms with van der Waals surface area (Å²) in [5.74, 6) is -0.0891. The molecule has 2 aromatic rings. The van der Waals surface area contributed by atoms with E-state index in [1.54, 1.807) is 31.2 Å². The molecule has 122 valence electrons. The first-order valence-corrected chi connectivity index (χ1v) is 7.13. The number of halogens is 1. The van der Waals surface area contributed by atoms with Crippen LogP contribution in [0, 0.1) is 10.1 Å². The van der Waals surface area contributed by atoms with Crippen molar-refractivity contribution in [1.82, 2.24) is 15.1 Å². The summed E-state index contributed by atoms with van der Waals surface area (Å²) in [5.41, 5.74) is -0.454. The van der Waals surface area contributed by atoms with Crippen LogP contribution in [0.4, 0.5) is 5.69 Å². The van der Waals surface area contributed by atoms with Gasteiger partial charge in [0.25, 0.3) is 5.91 Å². The Morgan fingerprint density at radius 2 is 2.22 bits per heavy atom. The average molecular weight is 339 g/mol. The van der Waals surface area contributed by atoms with Crippen molar-refractivity contribution in [2.45, 2.75) is 13.0 Å². The molecule has 0 aliphatic heterocycles. The van der Waals surface area contributed by atoms with E-state index in [-0.39, 0.29) is 24.0 Å². The maximum atomic E-state index is 12.1. The molecule has 0 unspecified atom stereocenters. The van der Waals surface area contributed by atoms with Crippen LogP contribution in [-0.2, 0) is 7.05 Å². The number of hydrogen-bond acceptors (Lipinski definition) is 5. The molecule has 1 atom stereocenters. The minimum Gasteiger partial charge on any atom is -0.487 e. The molecule has 1 aromatic heterocycles. The molecular formula is C14H15ClN4O4. The van der Waals surface area contributed by atoms with E-state index in [2.05, 4.69) is 10.4 Å². The summed E-state index contributed by atoms with van der Waals surface area (Å²) in [6.45, 7) is 1.91. The van der Waals surface area contributed by atoms with Crippen molar-refractivity contribution in [3.05, 3.63) is 51.3 Å². The Morgan fingerprint density at radius 1 is 1.52 bits per heavy atom. The minimum atomic E-state index is -0.647. The van der Waals surface area contributed by atoms with Gasteiger partial charge in [-0.15, -0.1) is 0 Å². The highest BCUT2D eigenvalue weighted by atomic mass is 35.5. The van der Waals surface area contributed by atoms with E-state index in [4.69, 9.17) is 16.3 Å². The Labute approximate surface area is 137 Å². The lowest BCUT2D eigenvalue weighted by Crippen LogP contribution is -2.34. The summed E-state index contributed by atoms with van der Waals surface area (Å²) in [6, 6.07) is 6.97. The maximum absolute atomic E-state index is 12.1. The molecule has 0 bridgehead atoms. The highest BCUT2D eigenvalue weighted by Crippen LogP contribution is 2.24. The molecule has 1 N–H and O–H groups in total. The number of carbonyl (C=O) groups is 1. The molecule has 0 saturated heterocycles. The third-order valence-corrected chi connectivity index (χ3v) is 3.36. The Hall–Kier alpha value is -2.61. The van der Waals surface area contributed by atoms with Crippen molar-refractivity contribution >= 4 is 23.2 Å². The normalized spacial score (nSPS) is 11.8. The second-order valence-electron chi connectivity index (χ2n) is 4.83. The van der Waals surface area contributed by atoms with Gasteiger partial charge in [0.15, 0.2) is 0 Å². The largest absolute Gasteiger partial charge is 0.487 e. The van der Waals surface area contributed by atoms with Gasteiger partial charge in [-0.05, 0) is 19.1 Å². The first-order valence-electron chi connectivity index (χ1n) is 6.76. The van der Waals surface area contributed by atoms with Crippen LogP contribution in [0.3, 0.4) is 0 Å². The van der Waals surface area contributed by atoms with Gasteiger partial charge in [0.05, 0.1) is 16.5 Å². The summed E-state index contributed by atoms with van der Waals surface area (Å²) >= 11 is 5.99. The number of carbonyl (C=O) groups excluding carboxylic acids is 1. The number of nitrogens with zero attached hydrogens (tertiary/aromatic N) is 3. The van der Waals surface area contributed by atoms with Crippen molar-refractivity contribution in [1.29, 1.82) is 0 Å². The monoisotopic (exact) mass is 338 g/mol. The number of aryl methyl sites for hydroxylation is 1. The Balaban J connectivity index is 1.98. The fraction of sp³-hybridized carbons (Fsp3) is 0.286. The molecule has 0 aliphatic carbocycles. The highest BCUT2D eigenvalue weighted by Gasteiger charge is 2.25. The van der Waals surface area contributed by atoms with Gasteiger partial charge in [-0.2, -0.15) is 5.10 Å². The van der Waals surface area contributed by atoms with Gasteiger partial charge in [-0.1, -0.05) is 23.7 Å². The number of aromatic nitrogens is 2. The quantitative estimate of drug-likeness (QED) is 0.642. The van der Waals surface area contributed by atoms with Gasteiger partial charge in [-0.25, -0.2) is 0 Å². The van der Waals surface area contributed by atoms with E-state index in [0.717, 1.165) is 10.9 Å². The van der Waals surface area contributed by atoms with E-state index in [9.17, 15) is 14.9 Å². The van der Waals surface area contributed by atoms with E-state index in [1.807, 2.05) is 0 Å². The van der Waals surface area contributed by atoms with Crippen LogP contribution >= 0.6 is 11.6 Å². The smallest absolute Gasteiger partial charge is 0.320 e. The lowest BCUT2D eigenvalue weighted by molar-refractivity contribution is -0.385. The lowest BCUT2D eigenvalue weighted by atomic mass is 10.3. The third-order valence-electron chi connectivity index (χ3n) is 3.05. The molecule has 23 heavy (non-hydrogen) atoms. The van der Waals surface area contributed by atoms with E-state index in [1.165, 1.54) is 7.05 Å². The van der Waals surface area contributed by atoms with Crippen LogP contribution in [0.15, 0.2) is 30.5 Å². The van der Waals surface area contributed by atoms with Crippen molar-refractivity contribution in [2.24, 2.45) is 7.05 Å². The Morgan fingerprint density at radius 3 is 2.87 bits per heavy atom. The zero-order chi connectivity index (χ0) is 17.0. The molecule has 0 radical (unpaired) electrons. The summed E-state index contributed by atoms with van der Waals surface area (Å²) in [6.07, 6.45) is 0.671. The van der Waals surface area contributed by atoms with Gasteiger partial charge < -0.3 is 10.1 Å². The number of nitrogens with one attached hydrogen (secondary N) is 1. The molecule has 2 rings (SSSR count).